The molecular weight excluding hydrogens is 444 g/mol. The average Bonchev–Trinajstić information content (AvgIpc) is 2.91. The topological polar surface area (TPSA) is 68.7 Å². The first-order valence-electron chi connectivity index (χ1n) is 8.87. The van der Waals surface area contributed by atoms with Crippen LogP contribution in [0, 0.1) is 0 Å². The number of fused-ring (bicyclic) bond motifs is 5. The van der Waals surface area contributed by atoms with Crippen molar-refractivity contribution in [1.29, 1.82) is 0 Å². The number of pyridine rings is 1. The second kappa shape index (κ2) is 6.70. The lowest BCUT2D eigenvalue weighted by molar-refractivity contribution is 0.0159. The van der Waals surface area contributed by atoms with Gasteiger partial charge in [-0.3, -0.25) is 4.79 Å². The highest BCUT2D eigenvalue weighted by Gasteiger charge is 2.38. The number of hydrogen-bond donors (Lipinski definition) is 0. The summed E-state index contributed by atoms with van der Waals surface area (Å²) < 4.78 is 13.1. The molecule has 1 aliphatic rings. The van der Waals surface area contributed by atoms with Crippen molar-refractivity contribution in [3.8, 4) is 5.75 Å². The van der Waals surface area contributed by atoms with E-state index in [9.17, 15) is 9.59 Å². The van der Waals surface area contributed by atoms with Gasteiger partial charge in [0.1, 0.15) is 21.7 Å². The largest absolute Gasteiger partial charge is 0.489 e. The van der Waals surface area contributed by atoms with Gasteiger partial charge in [-0.05, 0) is 67.9 Å². The zero-order valence-electron chi connectivity index (χ0n) is 15.9. The predicted molar refractivity (Wildman–Crippen MR) is 112 cm³/mol. The van der Waals surface area contributed by atoms with Gasteiger partial charge in [-0.2, -0.15) is 0 Å². The first-order valence-corrected chi connectivity index (χ1v) is 10.5. The molecule has 2 aromatic heterocycles. The Hall–Kier alpha value is -2.19. The van der Waals surface area contributed by atoms with Crippen molar-refractivity contribution in [2.24, 2.45) is 0 Å². The van der Waals surface area contributed by atoms with Gasteiger partial charge < -0.3 is 9.47 Å². The molecule has 6 nitrogen and oxygen atoms in total. The quantitative estimate of drug-likeness (QED) is 0.420. The van der Waals surface area contributed by atoms with Crippen molar-refractivity contribution in [3.05, 3.63) is 33.7 Å². The number of nitrogens with zero attached hydrogens (tertiary/aromatic N) is 2. The minimum Gasteiger partial charge on any atom is -0.489 e. The van der Waals surface area contributed by atoms with E-state index in [4.69, 9.17) is 9.47 Å². The molecule has 0 N–H and O–H groups in total. The van der Waals surface area contributed by atoms with Crippen LogP contribution >= 0.6 is 27.3 Å². The number of carbonyl (C=O) groups is 2. The van der Waals surface area contributed by atoms with Gasteiger partial charge >= 0.3 is 6.09 Å². The number of amides is 2. The molecule has 0 fully saturated rings. The minimum atomic E-state index is -0.692. The zero-order chi connectivity index (χ0) is 20.2. The third kappa shape index (κ3) is 3.24. The van der Waals surface area contributed by atoms with Crippen molar-refractivity contribution in [2.75, 3.05) is 6.61 Å². The first kappa shape index (κ1) is 19.1. The Balaban J connectivity index is 1.86. The van der Waals surface area contributed by atoms with Crippen LogP contribution in [0.25, 0.3) is 21.0 Å². The number of benzene rings is 1. The summed E-state index contributed by atoms with van der Waals surface area (Å²) >= 11 is 4.71. The Bertz CT molecular complexity index is 1120. The highest BCUT2D eigenvalue weighted by atomic mass is 79.9. The van der Waals surface area contributed by atoms with Gasteiger partial charge in [0, 0.05) is 15.5 Å². The zero-order valence-corrected chi connectivity index (χ0v) is 18.3. The number of carbonyl (C=O) groups excluding carboxylic acids is 2. The summed E-state index contributed by atoms with van der Waals surface area (Å²) in [5.74, 6) is 0.117. The third-order valence-electron chi connectivity index (χ3n) is 4.36. The average molecular weight is 463 g/mol. The Morgan fingerprint density at radius 3 is 2.79 bits per heavy atom. The fourth-order valence-electron chi connectivity index (χ4n) is 3.19. The molecule has 1 aliphatic heterocycles. The summed E-state index contributed by atoms with van der Waals surface area (Å²) in [7, 11) is 0. The molecule has 146 valence electrons. The Morgan fingerprint density at radius 2 is 2.07 bits per heavy atom. The third-order valence-corrected chi connectivity index (χ3v) is 5.92. The van der Waals surface area contributed by atoms with Gasteiger partial charge in [0.25, 0.3) is 5.91 Å². The van der Waals surface area contributed by atoms with E-state index in [0.29, 0.717) is 10.6 Å². The lowest BCUT2D eigenvalue weighted by Crippen LogP contribution is -2.46. The van der Waals surface area contributed by atoms with E-state index in [-0.39, 0.29) is 6.61 Å². The van der Waals surface area contributed by atoms with Crippen molar-refractivity contribution >= 4 is 60.3 Å². The monoisotopic (exact) mass is 462 g/mol. The van der Waals surface area contributed by atoms with Crippen LogP contribution in [-0.2, 0) is 4.74 Å². The van der Waals surface area contributed by atoms with E-state index in [0.717, 1.165) is 30.5 Å². The Kier molecular flexibility index (Phi) is 4.58. The van der Waals surface area contributed by atoms with Gasteiger partial charge in [-0.1, -0.05) is 0 Å². The molecule has 0 saturated carbocycles. The second-order valence-electron chi connectivity index (χ2n) is 7.72. The fraction of sp³-hybridized carbons (Fsp3) is 0.350. The molecule has 1 aromatic carbocycles. The number of rotatable bonds is 0. The highest BCUT2D eigenvalue weighted by Crippen LogP contribution is 2.44. The Labute approximate surface area is 174 Å². The molecule has 0 bridgehead atoms. The molecule has 0 saturated heterocycles. The van der Waals surface area contributed by atoms with E-state index in [2.05, 4.69) is 20.9 Å². The van der Waals surface area contributed by atoms with Crippen LogP contribution in [0.5, 0.6) is 5.75 Å². The maximum Gasteiger partial charge on any atom is 0.417 e. The number of hydrogen-bond acceptors (Lipinski definition) is 6. The molecule has 8 heteroatoms. The van der Waals surface area contributed by atoms with Gasteiger partial charge in [-0.25, -0.2) is 14.7 Å². The van der Waals surface area contributed by atoms with Crippen molar-refractivity contribution in [2.45, 2.75) is 39.3 Å². The van der Waals surface area contributed by atoms with E-state index in [1.54, 1.807) is 27.7 Å². The lowest BCUT2D eigenvalue weighted by atomic mass is 10.1. The fourth-order valence-corrected chi connectivity index (χ4v) is 4.61. The number of ether oxygens (including phenoxy) is 2. The minimum absolute atomic E-state index is 0.199. The molecule has 0 spiro atoms. The standard InChI is InChI=1S/C20H19BrN2O4S/c1-10-9-26-16-15-11-5-8-14(21)22-12(11)6-7-13(15)28-17(16)18(24)23(10)19(25)27-20(2,3)4/h5-8,10H,9H2,1-4H3/t10-/m1/s1. The number of halogens is 1. The van der Waals surface area contributed by atoms with E-state index < -0.39 is 23.6 Å². The van der Waals surface area contributed by atoms with Crippen molar-refractivity contribution in [3.63, 3.8) is 0 Å². The molecule has 3 aromatic rings. The van der Waals surface area contributed by atoms with Crippen LogP contribution in [0.3, 0.4) is 0 Å². The van der Waals surface area contributed by atoms with Gasteiger partial charge in [0.15, 0.2) is 5.75 Å². The summed E-state index contributed by atoms with van der Waals surface area (Å²) in [6.45, 7) is 7.30. The number of thiophene rings is 1. The highest BCUT2D eigenvalue weighted by molar-refractivity contribution is 9.10. The molecule has 3 heterocycles. The molecule has 2 amide bonds. The van der Waals surface area contributed by atoms with Crippen LogP contribution in [0.15, 0.2) is 28.9 Å². The van der Waals surface area contributed by atoms with Gasteiger partial charge in [0.2, 0.25) is 0 Å². The van der Waals surface area contributed by atoms with E-state index in [1.807, 2.05) is 24.3 Å². The normalized spacial score (nSPS) is 17.4. The molecule has 0 aliphatic carbocycles. The number of imide groups is 1. The van der Waals surface area contributed by atoms with E-state index >= 15 is 0 Å². The summed E-state index contributed by atoms with van der Waals surface area (Å²) in [5.41, 5.74) is 0.113. The predicted octanol–water partition coefficient (Wildman–Crippen LogP) is 5.37. The molecule has 1 atom stereocenters. The molecular formula is C20H19BrN2O4S. The maximum atomic E-state index is 13.3. The van der Waals surface area contributed by atoms with Crippen molar-refractivity contribution in [1.82, 2.24) is 9.88 Å². The van der Waals surface area contributed by atoms with Gasteiger partial charge in [-0.15, -0.1) is 11.3 Å². The number of aromatic nitrogens is 1. The van der Waals surface area contributed by atoms with Crippen LogP contribution in [0.4, 0.5) is 4.79 Å². The molecule has 0 unspecified atom stereocenters. The van der Waals surface area contributed by atoms with Crippen LogP contribution in [-0.4, -0.2) is 40.1 Å². The Morgan fingerprint density at radius 1 is 1.32 bits per heavy atom. The maximum absolute atomic E-state index is 13.3. The SMILES string of the molecule is C[C@@H]1COc2c(sc3ccc4nc(Br)ccc4c23)C(=O)N1C(=O)OC(C)(C)C. The van der Waals surface area contributed by atoms with Crippen molar-refractivity contribution < 1.29 is 19.1 Å². The first-order chi connectivity index (χ1) is 13.2. The van der Waals surface area contributed by atoms with Crippen LogP contribution in [0.2, 0.25) is 0 Å². The summed E-state index contributed by atoms with van der Waals surface area (Å²) in [6.07, 6.45) is -0.658. The van der Waals surface area contributed by atoms with Crippen LogP contribution in [0.1, 0.15) is 37.4 Å². The summed E-state index contributed by atoms with van der Waals surface area (Å²) in [4.78, 5) is 32.0. The van der Waals surface area contributed by atoms with Gasteiger partial charge in [0.05, 0.1) is 11.6 Å². The van der Waals surface area contributed by atoms with E-state index in [1.165, 1.54) is 11.3 Å². The van der Waals surface area contributed by atoms with Crippen LogP contribution < -0.4 is 4.74 Å². The summed E-state index contributed by atoms with van der Waals surface area (Å²) in [5, 5.41) is 1.76. The smallest absolute Gasteiger partial charge is 0.417 e. The molecule has 4 rings (SSSR count). The lowest BCUT2D eigenvalue weighted by Gasteiger charge is -2.28. The second-order valence-corrected chi connectivity index (χ2v) is 9.58. The summed E-state index contributed by atoms with van der Waals surface area (Å²) in [6, 6.07) is 7.21. The molecule has 28 heavy (non-hydrogen) atoms. The molecule has 0 radical (unpaired) electrons.